The lowest BCUT2D eigenvalue weighted by atomic mass is 9.85. The number of carbonyl (C=O) groups excluding carboxylic acids is 1. The first-order valence-electron chi connectivity index (χ1n) is 5.15. The maximum atomic E-state index is 12.9. The summed E-state index contributed by atoms with van der Waals surface area (Å²) >= 11 is 3.22. The normalized spacial score (nSPS) is 23.5. The van der Waals surface area contributed by atoms with E-state index in [0.29, 0.717) is 19.4 Å². The fourth-order valence-corrected chi connectivity index (χ4v) is 2.43. The van der Waals surface area contributed by atoms with Crippen molar-refractivity contribution in [1.29, 1.82) is 0 Å². The van der Waals surface area contributed by atoms with Gasteiger partial charge in [0.25, 0.3) is 0 Å². The van der Waals surface area contributed by atoms with E-state index >= 15 is 0 Å². The van der Waals surface area contributed by atoms with Crippen LogP contribution in [0.3, 0.4) is 0 Å². The molecule has 1 atom stereocenters. The molecule has 1 aliphatic rings. The minimum absolute atomic E-state index is 0.0244. The van der Waals surface area contributed by atoms with Gasteiger partial charge in [0.1, 0.15) is 4.83 Å². The number of esters is 1. The number of alkyl halides is 3. The van der Waals surface area contributed by atoms with Crippen LogP contribution in [-0.2, 0) is 9.53 Å². The summed E-state index contributed by atoms with van der Waals surface area (Å²) < 4.78 is 30.6. The molecule has 1 aliphatic carbocycles. The van der Waals surface area contributed by atoms with E-state index < -0.39 is 10.7 Å². The van der Waals surface area contributed by atoms with Crippen molar-refractivity contribution < 1.29 is 18.3 Å². The third kappa shape index (κ3) is 3.70. The summed E-state index contributed by atoms with van der Waals surface area (Å²) in [5, 5.41) is 0. The second-order valence-electron chi connectivity index (χ2n) is 3.85. The largest absolute Gasteiger partial charge is 0.465 e. The van der Waals surface area contributed by atoms with E-state index in [0.717, 1.165) is 0 Å². The van der Waals surface area contributed by atoms with Crippen molar-refractivity contribution in [3.63, 3.8) is 0 Å². The summed E-state index contributed by atoms with van der Waals surface area (Å²) in [6, 6.07) is 0. The van der Waals surface area contributed by atoms with Crippen LogP contribution in [0, 0.1) is 5.92 Å². The molecule has 0 bridgehead atoms. The molecule has 1 rings (SSSR count). The van der Waals surface area contributed by atoms with E-state index in [2.05, 4.69) is 15.9 Å². The molecule has 15 heavy (non-hydrogen) atoms. The lowest BCUT2D eigenvalue weighted by molar-refractivity contribution is -0.144. The molecule has 1 unspecified atom stereocenters. The van der Waals surface area contributed by atoms with Gasteiger partial charge in [-0.3, -0.25) is 4.79 Å². The van der Waals surface area contributed by atoms with Gasteiger partial charge in [-0.1, -0.05) is 15.9 Å². The summed E-state index contributed by atoms with van der Waals surface area (Å²) in [5.74, 6) is -2.91. The number of carbonyl (C=O) groups is 1. The standard InChI is InChI=1S/C10H15BrF2O2/c1-2-15-9(14)8(11)7-3-5-10(12,13)6-4-7/h7-8H,2-6H2,1H3. The fraction of sp³-hybridized carbons (Fsp3) is 0.900. The molecule has 0 heterocycles. The Morgan fingerprint density at radius 3 is 2.53 bits per heavy atom. The lowest BCUT2D eigenvalue weighted by Gasteiger charge is -2.30. The van der Waals surface area contributed by atoms with Gasteiger partial charge in [-0.15, -0.1) is 0 Å². The first-order valence-corrected chi connectivity index (χ1v) is 6.06. The first kappa shape index (κ1) is 12.9. The zero-order valence-corrected chi connectivity index (χ0v) is 10.2. The predicted molar refractivity (Wildman–Crippen MR) is 56.3 cm³/mol. The van der Waals surface area contributed by atoms with Gasteiger partial charge >= 0.3 is 5.97 Å². The van der Waals surface area contributed by atoms with Crippen molar-refractivity contribution >= 4 is 21.9 Å². The molecule has 0 saturated heterocycles. The summed E-state index contributed by atoms with van der Waals surface area (Å²) in [6.45, 7) is 2.05. The maximum absolute atomic E-state index is 12.9. The molecule has 2 nitrogen and oxygen atoms in total. The molecule has 0 aromatic rings. The smallest absolute Gasteiger partial charge is 0.319 e. The van der Waals surface area contributed by atoms with E-state index in [9.17, 15) is 13.6 Å². The zero-order valence-electron chi connectivity index (χ0n) is 8.64. The SMILES string of the molecule is CCOC(=O)C(Br)C1CCC(F)(F)CC1. The van der Waals surface area contributed by atoms with E-state index in [1.165, 1.54) is 0 Å². The van der Waals surface area contributed by atoms with Gasteiger partial charge in [-0.2, -0.15) is 0 Å². The third-order valence-electron chi connectivity index (χ3n) is 2.69. The van der Waals surface area contributed by atoms with Crippen molar-refractivity contribution in [1.82, 2.24) is 0 Å². The van der Waals surface area contributed by atoms with Crippen molar-refractivity contribution in [2.45, 2.75) is 43.4 Å². The van der Waals surface area contributed by atoms with E-state index in [1.54, 1.807) is 6.92 Å². The molecule has 0 amide bonds. The molecule has 0 aromatic heterocycles. The van der Waals surface area contributed by atoms with Crippen molar-refractivity contribution in [3.05, 3.63) is 0 Å². The van der Waals surface area contributed by atoms with Crippen molar-refractivity contribution in [2.24, 2.45) is 5.92 Å². The number of hydrogen-bond acceptors (Lipinski definition) is 2. The van der Waals surface area contributed by atoms with Crippen LogP contribution in [0.4, 0.5) is 8.78 Å². The van der Waals surface area contributed by atoms with Gasteiger partial charge in [-0.25, -0.2) is 8.78 Å². The lowest BCUT2D eigenvalue weighted by Crippen LogP contribution is -2.33. The number of hydrogen-bond donors (Lipinski definition) is 0. The van der Waals surface area contributed by atoms with Crippen LogP contribution in [0.1, 0.15) is 32.6 Å². The summed E-state index contributed by atoms with van der Waals surface area (Å²) in [4.78, 5) is 10.9. The van der Waals surface area contributed by atoms with Gasteiger partial charge in [-0.05, 0) is 25.7 Å². The minimum Gasteiger partial charge on any atom is -0.465 e. The maximum Gasteiger partial charge on any atom is 0.319 e. The predicted octanol–water partition coefficient (Wildman–Crippen LogP) is 3.14. The summed E-state index contributed by atoms with van der Waals surface area (Å²) in [6.07, 6.45) is 0.502. The monoisotopic (exact) mass is 284 g/mol. The van der Waals surface area contributed by atoms with Crippen LogP contribution >= 0.6 is 15.9 Å². The molecular weight excluding hydrogens is 270 g/mol. The Hall–Kier alpha value is -0.190. The second kappa shape index (κ2) is 5.23. The number of halogens is 3. The van der Waals surface area contributed by atoms with Crippen molar-refractivity contribution in [2.75, 3.05) is 6.61 Å². The number of rotatable bonds is 3. The minimum atomic E-state index is -2.54. The Balaban J connectivity index is 2.42. The Labute approximate surface area is 96.5 Å². The van der Waals surface area contributed by atoms with Gasteiger partial charge < -0.3 is 4.74 Å². The van der Waals surface area contributed by atoms with Gasteiger partial charge in [0, 0.05) is 12.8 Å². The molecule has 88 valence electrons. The van der Waals surface area contributed by atoms with E-state index in [1.807, 2.05) is 0 Å². The molecule has 0 aromatic carbocycles. The van der Waals surface area contributed by atoms with Crippen LogP contribution in [0.15, 0.2) is 0 Å². The highest BCUT2D eigenvalue weighted by Crippen LogP contribution is 2.39. The fourth-order valence-electron chi connectivity index (χ4n) is 1.77. The van der Waals surface area contributed by atoms with Crippen LogP contribution in [0.5, 0.6) is 0 Å². The Kier molecular flexibility index (Phi) is 4.49. The van der Waals surface area contributed by atoms with Crippen LogP contribution in [0.25, 0.3) is 0 Å². The highest BCUT2D eigenvalue weighted by molar-refractivity contribution is 9.10. The molecule has 1 fully saturated rings. The van der Waals surface area contributed by atoms with E-state index in [4.69, 9.17) is 4.74 Å². The van der Waals surface area contributed by atoms with Gasteiger partial charge in [0.2, 0.25) is 5.92 Å². The Morgan fingerprint density at radius 1 is 1.53 bits per heavy atom. The summed E-state index contributed by atoms with van der Waals surface area (Å²) in [7, 11) is 0. The van der Waals surface area contributed by atoms with Gasteiger partial charge in [0.15, 0.2) is 0 Å². The van der Waals surface area contributed by atoms with Crippen molar-refractivity contribution in [3.8, 4) is 0 Å². The molecule has 0 aliphatic heterocycles. The highest BCUT2D eigenvalue weighted by atomic mass is 79.9. The van der Waals surface area contributed by atoms with Gasteiger partial charge in [0.05, 0.1) is 6.61 Å². The molecule has 0 radical (unpaired) electrons. The average molecular weight is 285 g/mol. The molecule has 1 saturated carbocycles. The highest BCUT2D eigenvalue weighted by Gasteiger charge is 2.39. The Bertz CT molecular complexity index is 223. The average Bonchev–Trinajstić information content (AvgIpc) is 2.17. The first-order chi connectivity index (χ1) is 6.96. The second-order valence-corrected chi connectivity index (χ2v) is 4.83. The molecule has 0 spiro atoms. The number of ether oxygens (including phenoxy) is 1. The summed E-state index contributed by atoms with van der Waals surface area (Å²) in [5.41, 5.74) is 0. The Morgan fingerprint density at radius 2 is 2.07 bits per heavy atom. The van der Waals surface area contributed by atoms with E-state index in [-0.39, 0.29) is 24.7 Å². The zero-order chi connectivity index (χ0) is 11.5. The topological polar surface area (TPSA) is 26.3 Å². The van der Waals surface area contributed by atoms with Crippen LogP contribution in [0.2, 0.25) is 0 Å². The van der Waals surface area contributed by atoms with Crippen LogP contribution in [-0.4, -0.2) is 23.3 Å². The third-order valence-corrected chi connectivity index (χ3v) is 3.81. The quantitative estimate of drug-likeness (QED) is 0.588. The van der Waals surface area contributed by atoms with Crippen LogP contribution < -0.4 is 0 Å². The molecule has 0 N–H and O–H groups in total. The molecule has 5 heteroatoms. The molecular formula is C10H15BrF2O2.